The Kier molecular flexibility index (Phi) is 5.44. The Morgan fingerprint density at radius 1 is 1.29 bits per heavy atom. The van der Waals surface area contributed by atoms with Gasteiger partial charge in [-0.1, -0.05) is 6.07 Å². The summed E-state index contributed by atoms with van der Waals surface area (Å²) in [5.74, 6) is 0.651. The Morgan fingerprint density at radius 3 is 2.76 bits per heavy atom. The third-order valence-corrected chi connectivity index (χ3v) is 3.83. The number of guanidine groups is 1. The van der Waals surface area contributed by atoms with Gasteiger partial charge in [-0.3, -0.25) is 0 Å². The maximum absolute atomic E-state index is 6.06. The second kappa shape index (κ2) is 7.11. The molecule has 0 amide bonds. The van der Waals surface area contributed by atoms with Crippen LogP contribution < -0.4 is 5.73 Å². The van der Waals surface area contributed by atoms with Crippen LogP contribution in [0.15, 0.2) is 29.4 Å². The third kappa shape index (κ3) is 3.66. The van der Waals surface area contributed by atoms with Crippen LogP contribution in [0.5, 0.6) is 0 Å². The SMILES string of the molecule is Cc1cccc2nc(CN=C(N)N3CCCCC3)cn12.I. The number of aromatic nitrogens is 2. The zero-order chi connectivity index (χ0) is 13.9. The van der Waals surface area contributed by atoms with Crippen molar-refractivity contribution in [3.05, 3.63) is 35.8 Å². The van der Waals surface area contributed by atoms with Gasteiger partial charge in [0.15, 0.2) is 5.96 Å². The number of fused-ring (bicyclic) bond motifs is 1. The molecule has 2 aromatic rings. The van der Waals surface area contributed by atoms with Crippen LogP contribution in [0, 0.1) is 6.92 Å². The standard InChI is InChI=1S/C15H21N5.HI/c1-12-6-5-7-14-18-13(11-20(12)14)10-17-15(16)19-8-3-2-4-9-19;/h5-7,11H,2-4,8-10H2,1H3,(H2,16,17);1H. The van der Waals surface area contributed by atoms with E-state index in [0.717, 1.165) is 24.4 Å². The topological polar surface area (TPSA) is 58.9 Å². The summed E-state index contributed by atoms with van der Waals surface area (Å²) in [6.07, 6.45) is 5.76. The fraction of sp³-hybridized carbons (Fsp3) is 0.467. The fourth-order valence-corrected chi connectivity index (χ4v) is 2.66. The minimum absolute atomic E-state index is 0. The fourth-order valence-electron chi connectivity index (χ4n) is 2.66. The Balaban J connectivity index is 0.00000161. The van der Waals surface area contributed by atoms with Crippen molar-refractivity contribution in [2.75, 3.05) is 13.1 Å². The summed E-state index contributed by atoms with van der Waals surface area (Å²) in [4.78, 5) is 11.2. The van der Waals surface area contributed by atoms with Crippen LogP contribution in [-0.4, -0.2) is 33.3 Å². The molecule has 3 heterocycles. The molecule has 0 unspecified atom stereocenters. The van der Waals surface area contributed by atoms with E-state index in [0.29, 0.717) is 12.5 Å². The van der Waals surface area contributed by atoms with Gasteiger partial charge in [-0.05, 0) is 38.3 Å². The summed E-state index contributed by atoms with van der Waals surface area (Å²) in [7, 11) is 0. The molecule has 21 heavy (non-hydrogen) atoms. The molecule has 2 aromatic heterocycles. The Labute approximate surface area is 142 Å². The highest BCUT2D eigenvalue weighted by Crippen LogP contribution is 2.11. The summed E-state index contributed by atoms with van der Waals surface area (Å²) in [5.41, 5.74) is 9.16. The zero-order valence-electron chi connectivity index (χ0n) is 12.3. The van der Waals surface area contributed by atoms with E-state index in [4.69, 9.17) is 5.73 Å². The molecule has 1 aliphatic rings. The van der Waals surface area contributed by atoms with Crippen LogP contribution in [0.4, 0.5) is 0 Å². The van der Waals surface area contributed by atoms with Gasteiger partial charge in [-0.25, -0.2) is 9.98 Å². The first-order valence-electron chi connectivity index (χ1n) is 7.22. The molecule has 3 rings (SSSR count). The predicted molar refractivity (Wildman–Crippen MR) is 96.1 cm³/mol. The maximum Gasteiger partial charge on any atom is 0.191 e. The van der Waals surface area contributed by atoms with E-state index >= 15 is 0 Å². The van der Waals surface area contributed by atoms with Crippen LogP contribution >= 0.6 is 24.0 Å². The molecule has 2 N–H and O–H groups in total. The van der Waals surface area contributed by atoms with Crippen LogP contribution in [0.1, 0.15) is 30.7 Å². The Bertz CT molecular complexity index is 628. The average Bonchev–Trinajstić information content (AvgIpc) is 2.90. The lowest BCUT2D eigenvalue weighted by Crippen LogP contribution is -2.40. The molecule has 0 radical (unpaired) electrons. The lowest BCUT2D eigenvalue weighted by atomic mass is 10.1. The summed E-state index contributed by atoms with van der Waals surface area (Å²) >= 11 is 0. The maximum atomic E-state index is 6.06. The van der Waals surface area contributed by atoms with Crippen molar-refractivity contribution < 1.29 is 0 Å². The molecule has 1 fully saturated rings. The Morgan fingerprint density at radius 2 is 2.05 bits per heavy atom. The van der Waals surface area contributed by atoms with Gasteiger partial charge in [0.05, 0.1) is 12.2 Å². The molecule has 0 bridgehead atoms. The summed E-state index contributed by atoms with van der Waals surface area (Å²) in [5, 5.41) is 0. The minimum atomic E-state index is 0. The number of hydrogen-bond donors (Lipinski definition) is 1. The molecule has 0 aromatic carbocycles. The van der Waals surface area contributed by atoms with Crippen molar-refractivity contribution in [3.8, 4) is 0 Å². The highest BCUT2D eigenvalue weighted by molar-refractivity contribution is 14.0. The van der Waals surface area contributed by atoms with Crippen molar-refractivity contribution in [1.82, 2.24) is 14.3 Å². The van der Waals surface area contributed by atoms with Gasteiger partial charge in [0.25, 0.3) is 0 Å². The number of imidazole rings is 1. The van der Waals surface area contributed by atoms with Crippen molar-refractivity contribution in [2.24, 2.45) is 10.7 Å². The van der Waals surface area contributed by atoms with Crippen molar-refractivity contribution in [2.45, 2.75) is 32.7 Å². The number of aryl methyl sites for hydroxylation is 1. The van der Waals surface area contributed by atoms with Crippen molar-refractivity contribution >= 4 is 35.6 Å². The quantitative estimate of drug-likeness (QED) is 0.480. The molecular weight excluding hydrogens is 377 g/mol. The second-order valence-electron chi connectivity index (χ2n) is 5.35. The monoisotopic (exact) mass is 399 g/mol. The van der Waals surface area contributed by atoms with E-state index in [1.54, 1.807) is 0 Å². The number of piperidine rings is 1. The van der Waals surface area contributed by atoms with Gasteiger partial charge < -0.3 is 15.0 Å². The van der Waals surface area contributed by atoms with Crippen molar-refractivity contribution in [1.29, 1.82) is 0 Å². The van der Waals surface area contributed by atoms with Gasteiger partial charge in [-0.15, -0.1) is 24.0 Å². The normalized spacial score (nSPS) is 16.0. The van der Waals surface area contributed by atoms with E-state index in [2.05, 4.69) is 32.3 Å². The minimum Gasteiger partial charge on any atom is -0.370 e. The highest BCUT2D eigenvalue weighted by atomic mass is 127. The number of nitrogens with zero attached hydrogens (tertiary/aromatic N) is 4. The van der Waals surface area contributed by atoms with Crippen LogP contribution in [0.25, 0.3) is 5.65 Å². The first-order chi connectivity index (χ1) is 9.74. The van der Waals surface area contributed by atoms with Crippen LogP contribution in [0.2, 0.25) is 0 Å². The number of pyridine rings is 1. The van der Waals surface area contributed by atoms with Gasteiger partial charge in [0, 0.05) is 25.0 Å². The van der Waals surface area contributed by atoms with Gasteiger partial charge in [-0.2, -0.15) is 0 Å². The predicted octanol–water partition coefficient (Wildman–Crippen LogP) is 2.56. The summed E-state index contributed by atoms with van der Waals surface area (Å²) in [6, 6.07) is 6.10. The van der Waals surface area contributed by atoms with Gasteiger partial charge in [0.1, 0.15) is 5.65 Å². The number of halogens is 1. The number of aliphatic imine (C=N–C) groups is 1. The highest BCUT2D eigenvalue weighted by Gasteiger charge is 2.12. The average molecular weight is 399 g/mol. The molecule has 6 heteroatoms. The van der Waals surface area contributed by atoms with E-state index in [1.807, 2.05) is 18.3 Å². The Hall–Kier alpha value is -1.31. The molecule has 114 valence electrons. The molecule has 0 spiro atoms. The van der Waals surface area contributed by atoms with Gasteiger partial charge >= 0.3 is 0 Å². The molecule has 1 aliphatic heterocycles. The molecule has 5 nitrogen and oxygen atoms in total. The van der Waals surface area contributed by atoms with E-state index in [1.165, 1.54) is 25.0 Å². The first kappa shape index (κ1) is 16.1. The first-order valence-corrected chi connectivity index (χ1v) is 7.22. The van der Waals surface area contributed by atoms with Crippen molar-refractivity contribution in [3.63, 3.8) is 0 Å². The molecular formula is C15H22IN5. The molecule has 0 aliphatic carbocycles. The molecule has 0 saturated carbocycles. The van der Waals surface area contributed by atoms with E-state index in [-0.39, 0.29) is 24.0 Å². The van der Waals surface area contributed by atoms with Gasteiger partial charge in [0.2, 0.25) is 0 Å². The smallest absolute Gasteiger partial charge is 0.191 e. The lowest BCUT2D eigenvalue weighted by Gasteiger charge is -2.27. The summed E-state index contributed by atoms with van der Waals surface area (Å²) in [6.45, 7) is 4.67. The number of nitrogens with two attached hydrogens (primary N) is 1. The number of hydrogen-bond acceptors (Lipinski definition) is 2. The van der Waals surface area contributed by atoms with E-state index in [9.17, 15) is 0 Å². The van der Waals surface area contributed by atoms with Crippen LogP contribution in [0.3, 0.4) is 0 Å². The summed E-state index contributed by atoms with van der Waals surface area (Å²) < 4.78 is 2.09. The largest absolute Gasteiger partial charge is 0.370 e. The zero-order valence-corrected chi connectivity index (χ0v) is 14.7. The number of likely N-dealkylation sites (tertiary alicyclic amines) is 1. The second-order valence-corrected chi connectivity index (χ2v) is 5.35. The molecule has 0 atom stereocenters. The molecule has 1 saturated heterocycles. The lowest BCUT2D eigenvalue weighted by molar-refractivity contribution is 0.338. The van der Waals surface area contributed by atoms with E-state index < -0.39 is 0 Å². The third-order valence-electron chi connectivity index (χ3n) is 3.83. The number of rotatable bonds is 2. The van der Waals surface area contributed by atoms with Crippen LogP contribution in [-0.2, 0) is 6.54 Å².